The number of rotatable bonds is 0. The van der Waals surface area contributed by atoms with Gasteiger partial charge in [-0.25, -0.2) is 0 Å². The van der Waals surface area contributed by atoms with Crippen LogP contribution in [0.1, 0.15) is 0 Å². The zero-order valence-electron chi connectivity index (χ0n) is 6.24. The predicted octanol–water partition coefficient (Wildman–Crippen LogP) is -9.41. The van der Waals surface area contributed by atoms with E-state index in [1.54, 1.807) is 0 Å². The van der Waals surface area contributed by atoms with Crippen LogP contribution in [0.2, 0.25) is 0 Å². The van der Waals surface area contributed by atoms with Crippen molar-refractivity contribution in [2.45, 2.75) is 0 Å². The molecule has 13 heavy (non-hydrogen) atoms. The zero-order chi connectivity index (χ0) is 9.00. The number of hydrogen-bond acceptors (Lipinski definition) is 8. The zero-order valence-corrected chi connectivity index (χ0v) is 11.3. The third-order valence-corrected chi connectivity index (χ3v) is 0. The van der Waals surface area contributed by atoms with Gasteiger partial charge >= 0.3 is 53.8 Å². The van der Waals surface area contributed by atoms with Crippen molar-refractivity contribution in [2.75, 3.05) is 0 Å². The molecule has 0 bridgehead atoms. The first-order valence-electron chi connectivity index (χ1n) is 1.46. The second kappa shape index (κ2) is 12.0. The average Bonchev–Trinajstić information content (AvgIpc) is 1.12. The Morgan fingerprint density at radius 2 is 0.692 bits per heavy atom. The molecule has 2 radical (unpaired) electrons. The average molecular weight is 296 g/mol. The molecule has 0 fully saturated rings. The van der Waals surface area contributed by atoms with Crippen LogP contribution in [0.25, 0.3) is 0 Å². The summed E-state index contributed by atoms with van der Waals surface area (Å²) in [6.45, 7) is 0. The summed E-state index contributed by atoms with van der Waals surface area (Å²) in [5, 5.41) is 0. The van der Waals surface area contributed by atoms with Crippen molar-refractivity contribution in [3.63, 3.8) is 0 Å². The van der Waals surface area contributed by atoms with Gasteiger partial charge in [0.1, 0.15) is 0 Å². The fourth-order valence-electron chi connectivity index (χ4n) is 0. The Labute approximate surface area is 108 Å². The Hall–Kier alpha value is 1.89. The molecule has 0 amide bonds. The van der Waals surface area contributed by atoms with Gasteiger partial charge in [-0.3, -0.25) is 0 Å². The molecule has 0 aliphatic rings. The predicted molar refractivity (Wildman–Crippen MR) is 26.7 cm³/mol. The fourth-order valence-corrected chi connectivity index (χ4v) is 0. The Bertz CT molecular complexity index is 134. The van der Waals surface area contributed by atoms with Gasteiger partial charge in [0.15, 0.2) is 0 Å². The van der Waals surface area contributed by atoms with Crippen molar-refractivity contribution in [1.29, 1.82) is 0 Å². The third kappa shape index (κ3) is 548. The van der Waals surface area contributed by atoms with Crippen LogP contribution >= 0.6 is 15.6 Å². The van der Waals surface area contributed by atoms with Gasteiger partial charge in [0, 0.05) is 0 Å². The molecule has 0 aromatic carbocycles. The molecule has 0 N–H and O–H groups in total. The molecular formula is AlGeLiO8P2. The summed E-state index contributed by atoms with van der Waals surface area (Å²) in [6.07, 6.45) is 0. The van der Waals surface area contributed by atoms with E-state index in [4.69, 9.17) is 38.5 Å². The van der Waals surface area contributed by atoms with Gasteiger partial charge in [-0.05, 0) is 0 Å². The Morgan fingerprint density at radius 3 is 0.692 bits per heavy atom. The standard InChI is InChI=1S/Al.Ge.Li.2H3O4P/c;;;2*1-5(2,3)4/h;;;2*(H3,1,2,3,4)/q+3;+2;+1;;/p-6. The first kappa shape index (κ1) is 29.4. The second-order valence-electron chi connectivity index (χ2n) is 0.894. The van der Waals surface area contributed by atoms with E-state index in [0.717, 1.165) is 0 Å². The minimum atomic E-state index is -5.39. The van der Waals surface area contributed by atoms with Crippen LogP contribution < -0.4 is 48.2 Å². The summed E-state index contributed by atoms with van der Waals surface area (Å²) >= 11 is 0. The third-order valence-electron chi connectivity index (χ3n) is 0. The minimum absolute atomic E-state index is 0. The molecule has 0 saturated heterocycles. The van der Waals surface area contributed by atoms with Crippen LogP contribution in [0.3, 0.4) is 0 Å². The van der Waals surface area contributed by atoms with E-state index in [1.807, 2.05) is 0 Å². The first-order valence-corrected chi connectivity index (χ1v) is 4.38. The molecule has 0 saturated carbocycles. The molecule has 0 aliphatic carbocycles. The molecule has 0 heterocycles. The summed E-state index contributed by atoms with van der Waals surface area (Å²) in [7, 11) is -10.8. The molecule has 0 aliphatic heterocycles. The van der Waals surface area contributed by atoms with Crippen LogP contribution in [0.15, 0.2) is 0 Å². The van der Waals surface area contributed by atoms with Crippen LogP contribution in [0.4, 0.5) is 0 Å². The van der Waals surface area contributed by atoms with Crippen molar-refractivity contribution in [1.82, 2.24) is 0 Å². The Kier molecular flexibility index (Phi) is 27.0. The van der Waals surface area contributed by atoms with E-state index >= 15 is 0 Å². The maximum atomic E-state index is 8.55. The molecule has 0 atom stereocenters. The van der Waals surface area contributed by atoms with Crippen molar-refractivity contribution < 1.29 is 57.4 Å². The second-order valence-corrected chi connectivity index (χ2v) is 2.68. The van der Waals surface area contributed by atoms with Crippen LogP contribution in [0, 0.1) is 0 Å². The van der Waals surface area contributed by atoms with E-state index < -0.39 is 15.6 Å². The Morgan fingerprint density at radius 1 is 0.692 bits per heavy atom. The van der Waals surface area contributed by atoms with Gasteiger partial charge in [0.25, 0.3) is 0 Å². The fraction of sp³-hybridized carbons (Fsp3) is 0. The quantitative estimate of drug-likeness (QED) is 0.313. The number of phosphoric acid groups is 2. The van der Waals surface area contributed by atoms with Crippen molar-refractivity contribution in [3.8, 4) is 0 Å². The van der Waals surface area contributed by atoms with E-state index in [9.17, 15) is 0 Å². The topological polar surface area (TPSA) is 172 Å². The summed E-state index contributed by atoms with van der Waals surface area (Å²) in [5.41, 5.74) is 0. The van der Waals surface area contributed by atoms with Crippen LogP contribution in [0.5, 0.6) is 0 Å². The van der Waals surface area contributed by atoms with Gasteiger partial charge in [-0.15, -0.1) is 0 Å². The minimum Gasteiger partial charge on any atom is -0.822 e. The molecule has 0 spiro atoms. The molecule has 0 rings (SSSR count). The smallest absolute Gasteiger partial charge is 0.822 e. The van der Waals surface area contributed by atoms with Gasteiger partial charge in [0.05, 0.1) is 0 Å². The van der Waals surface area contributed by atoms with E-state index in [-0.39, 0.29) is 53.8 Å². The normalized spacial score (nSPS) is 9.08. The van der Waals surface area contributed by atoms with Crippen molar-refractivity contribution in [3.05, 3.63) is 0 Å². The molecule has 8 nitrogen and oxygen atoms in total. The summed E-state index contributed by atoms with van der Waals surface area (Å²) in [4.78, 5) is 51.3. The molecule has 66 valence electrons. The largest absolute Gasteiger partial charge is 3.00 e. The number of hydrogen-bond donors (Lipinski definition) is 0. The SMILES string of the molecule is O=P([O-])([O-])[O-].O=P([O-])([O-])[O-].[Al+3].[Ge+2].[Li+]. The van der Waals surface area contributed by atoms with E-state index in [1.165, 1.54) is 0 Å². The Balaban J connectivity index is -0.0000000267. The summed E-state index contributed by atoms with van der Waals surface area (Å²) in [6, 6.07) is 0. The van der Waals surface area contributed by atoms with Crippen molar-refractivity contribution in [2.24, 2.45) is 0 Å². The summed E-state index contributed by atoms with van der Waals surface area (Å²) < 4.78 is 17.1. The summed E-state index contributed by atoms with van der Waals surface area (Å²) in [5.74, 6) is 0. The molecule has 0 aromatic heterocycles. The first-order chi connectivity index (χ1) is 4.00. The monoisotopic (exact) mass is 298 g/mol. The van der Waals surface area contributed by atoms with Crippen LogP contribution in [-0.4, -0.2) is 35.0 Å². The van der Waals surface area contributed by atoms with Crippen molar-refractivity contribution >= 4 is 50.6 Å². The molecule has 13 heteroatoms. The van der Waals surface area contributed by atoms with E-state index in [0.29, 0.717) is 0 Å². The van der Waals surface area contributed by atoms with Gasteiger partial charge in [0.2, 0.25) is 0 Å². The van der Waals surface area contributed by atoms with Gasteiger partial charge < -0.3 is 38.5 Å². The van der Waals surface area contributed by atoms with E-state index in [2.05, 4.69) is 0 Å². The maximum Gasteiger partial charge on any atom is 3.00 e. The maximum absolute atomic E-state index is 8.55. The van der Waals surface area contributed by atoms with Gasteiger partial charge in [-0.2, -0.15) is 15.6 Å². The molecular weight excluding hydrogens is 296 g/mol. The molecule has 0 aromatic rings. The van der Waals surface area contributed by atoms with Crippen LogP contribution in [-0.2, 0) is 9.13 Å². The molecule has 0 unspecified atom stereocenters. The van der Waals surface area contributed by atoms with Gasteiger partial charge in [-0.1, -0.05) is 0 Å².